The number of rotatable bonds is 3. The summed E-state index contributed by atoms with van der Waals surface area (Å²) in [5.74, 6) is 0.800. The third-order valence-electron chi connectivity index (χ3n) is 4.75. The highest BCUT2D eigenvalue weighted by molar-refractivity contribution is 4.99. The van der Waals surface area contributed by atoms with E-state index in [1.54, 1.807) is 0 Å². The molecule has 2 atom stereocenters. The van der Waals surface area contributed by atoms with Gasteiger partial charge in [-0.2, -0.15) is 0 Å². The molecule has 1 aliphatic carbocycles. The molecule has 2 unspecified atom stereocenters. The topological polar surface area (TPSA) is 32.5 Å². The van der Waals surface area contributed by atoms with Crippen LogP contribution in [0.3, 0.4) is 0 Å². The van der Waals surface area contributed by atoms with E-state index in [0.29, 0.717) is 0 Å². The molecule has 1 saturated carbocycles. The molecule has 2 N–H and O–H groups in total. The van der Waals surface area contributed by atoms with Gasteiger partial charge in [0.25, 0.3) is 0 Å². The number of hydrogen-bond acceptors (Lipinski definition) is 3. The molecule has 0 aromatic heterocycles. The zero-order valence-electron chi connectivity index (χ0n) is 10.5. The highest BCUT2D eigenvalue weighted by Crippen LogP contribution is 2.38. The van der Waals surface area contributed by atoms with Crippen LogP contribution in [0, 0.1) is 5.92 Å². The average Bonchev–Trinajstić information content (AvgIpc) is 2.99. The molecular weight excluding hydrogens is 198 g/mol. The number of piperazine rings is 1. The van der Waals surface area contributed by atoms with Crippen molar-refractivity contribution in [2.45, 2.75) is 44.2 Å². The third-order valence-corrected chi connectivity index (χ3v) is 4.75. The fourth-order valence-electron chi connectivity index (χ4n) is 3.55. The number of nitrogens with zero attached hydrogens (tertiary/aromatic N) is 2. The first-order valence-electron chi connectivity index (χ1n) is 6.90. The maximum atomic E-state index is 6.43. The van der Waals surface area contributed by atoms with Gasteiger partial charge in [0, 0.05) is 37.8 Å². The summed E-state index contributed by atoms with van der Waals surface area (Å²) in [4.78, 5) is 5.28. The molecule has 16 heavy (non-hydrogen) atoms. The van der Waals surface area contributed by atoms with Crippen molar-refractivity contribution in [3.63, 3.8) is 0 Å². The van der Waals surface area contributed by atoms with Gasteiger partial charge in [0.15, 0.2) is 0 Å². The SMILES string of the molecule is CC(N)(CN1CCN2CCCC2C1)C1CC1. The molecule has 2 aliphatic heterocycles. The Balaban J connectivity index is 1.55. The van der Waals surface area contributed by atoms with E-state index in [4.69, 9.17) is 5.73 Å². The summed E-state index contributed by atoms with van der Waals surface area (Å²) in [6, 6.07) is 0.837. The van der Waals surface area contributed by atoms with Crippen molar-refractivity contribution in [1.82, 2.24) is 9.80 Å². The Kier molecular flexibility index (Phi) is 2.73. The van der Waals surface area contributed by atoms with Gasteiger partial charge in [0.05, 0.1) is 0 Å². The Morgan fingerprint density at radius 1 is 1.19 bits per heavy atom. The van der Waals surface area contributed by atoms with E-state index >= 15 is 0 Å². The predicted octanol–water partition coefficient (Wildman–Crippen LogP) is 0.894. The monoisotopic (exact) mass is 223 g/mol. The smallest absolute Gasteiger partial charge is 0.0283 e. The van der Waals surface area contributed by atoms with Crippen LogP contribution in [0.1, 0.15) is 32.6 Å². The van der Waals surface area contributed by atoms with E-state index in [-0.39, 0.29) is 5.54 Å². The van der Waals surface area contributed by atoms with Crippen LogP contribution in [0.25, 0.3) is 0 Å². The van der Waals surface area contributed by atoms with Gasteiger partial charge >= 0.3 is 0 Å². The van der Waals surface area contributed by atoms with Crippen molar-refractivity contribution in [1.29, 1.82) is 0 Å². The maximum absolute atomic E-state index is 6.43. The third kappa shape index (κ3) is 2.13. The molecule has 2 heterocycles. The van der Waals surface area contributed by atoms with Crippen molar-refractivity contribution in [3.05, 3.63) is 0 Å². The molecule has 3 nitrogen and oxygen atoms in total. The second kappa shape index (κ2) is 3.97. The standard InChI is InChI=1S/C13H25N3/c1-13(14,11-4-5-11)10-15-7-8-16-6-2-3-12(16)9-15/h11-12H,2-10,14H2,1H3. The minimum atomic E-state index is 0.0702. The summed E-state index contributed by atoms with van der Waals surface area (Å²) in [5.41, 5.74) is 6.50. The largest absolute Gasteiger partial charge is 0.324 e. The number of fused-ring (bicyclic) bond motifs is 1. The van der Waals surface area contributed by atoms with Gasteiger partial charge < -0.3 is 5.73 Å². The average molecular weight is 223 g/mol. The van der Waals surface area contributed by atoms with Crippen molar-refractivity contribution in [2.75, 3.05) is 32.7 Å². The van der Waals surface area contributed by atoms with Crippen LogP contribution >= 0.6 is 0 Å². The second-order valence-electron chi connectivity index (χ2n) is 6.35. The van der Waals surface area contributed by atoms with Gasteiger partial charge in [0.1, 0.15) is 0 Å². The van der Waals surface area contributed by atoms with Crippen LogP contribution in [0.4, 0.5) is 0 Å². The molecule has 2 saturated heterocycles. The van der Waals surface area contributed by atoms with Crippen LogP contribution in [-0.4, -0.2) is 54.1 Å². The molecule has 0 aromatic rings. The van der Waals surface area contributed by atoms with Gasteiger partial charge in [-0.1, -0.05) is 0 Å². The molecule has 3 aliphatic rings. The lowest BCUT2D eigenvalue weighted by molar-refractivity contribution is 0.0844. The van der Waals surface area contributed by atoms with E-state index < -0.39 is 0 Å². The summed E-state index contributed by atoms with van der Waals surface area (Å²) in [7, 11) is 0. The zero-order chi connectivity index (χ0) is 11.2. The van der Waals surface area contributed by atoms with Crippen LogP contribution in [0.15, 0.2) is 0 Å². The van der Waals surface area contributed by atoms with Crippen molar-refractivity contribution >= 4 is 0 Å². The van der Waals surface area contributed by atoms with Crippen molar-refractivity contribution in [2.24, 2.45) is 11.7 Å². The Morgan fingerprint density at radius 2 is 2.00 bits per heavy atom. The quantitative estimate of drug-likeness (QED) is 0.771. The summed E-state index contributed by atoms with van der Waals surface area (Å²) in [6.45, 7) is 8.47. The van der Waals surface area contributed by atoms with Gasteiger partial charge in [-0.05, 0) is 45.1 Å². The molecule has 0 amide bonds. The van der Waals surface area contributed by atoms with Gasteiger partial charge in [-0.25, -0.2) is 0 Å². The highest BCUT2D eigenvalue weighted by Gasteiger charge is 2.41. The van der Waals surface area contributed by atoms with Gasteiger partial charge in [0.2, 0.25) is 0 Å². The Hall–Kier alpha value is -0.120. The lowest BCUT2D eigenvalue weighted by atomic mass is 9.96. The fraction of sp³-hybridized carbons (Fsp3) is 1.00. The number of hydrogen-bond donors (Lipinski definition) is 1. The summed E-state index contributed by atoms with van der Waals surface area (Å²) >= 11 is 0. The Morgan fingerprint density at radius 3 is 2.75 bits per heavy atom. The van der Waals surface area contributed by atoms with Crippen LogP contribution in [0.2, 0.25) is 0 Å². The Labute approximate surface area is 99.0 Å². The minimum absolute atomic E-state index is 0.0702. The Bertz CT molecular complexity index is 260. The highest BCUT2D eigenvalue weighted by atomic mass is 15.3. The van der Waals surface area contributed by atoms with E-state index in [1.165, 1.54) is 51.9 Å². The molecule has 0 aromatic carbocycles. The molecule has 3 rings (SSSR count). The van der Waals surface area contributed by atoms with Gasteiger partial charge in [-0.3, -0.25) is 9.80 Å². The summed E-state index contributed by atoms with van der Waals surface area (Å²) in [6.07, 6.45) is 5.52. The summed E-state index contributed by atoms with van der Waals surface area (Å²) < 4.78 is 0. The number of nitrogens with two attached hydrogens (primary N) is 1. The van der Waals surface area contributed by atoms with Gasteiger partial charge in [-0.15, -0.1) is 0 Å². The summed E-state index contributed by atoms with van der Waals surface area (Å²) in [5, 5.41) is 0. The lowest BCUT2D eigenvalue weighted by Gasteiger charge is -2.41. The molecule has 3 heteroatoms. The van der Waals surface area contributed by atoms with Crippen molar-refractivity contribution < 1.29 is 0 Å². The predicted molar refractivity (Wildman–Crippen MR) is 66.4 cm³/mol. The first kappa shape index (κ1) is 11.0. The van der Waals surface area contributed by atoms with E-state index in [1.807, 2.05) is 0 Å². The molecular formula is C13H25N3. The first-order chi connectivity index (χ1) is 7.65. The van der Waals surface area contributed by atoms with Crippen LogP contribution in [-0.2, 0) is 0 Å². The fourth-order valence-corrected chi connectivity index (χ4v) is 3.55. The van der Waals surface area contributed by atoms with Crippen molar-refractivity contribution in [3.8, 4) is 0 Å². The molecule has 0 spiro atoms. The normalized spacial score (nSPS) is 36.0. The zero-order valence-corrected chi connectivity index (χ0v) is 10.5. The maximum Gasteiger partial charge on any atom is 0.0283 e. The van der Waals surface area contributed by atoms with E-state index in [2.05, 4.69) is 16.7 Å². The van der Waals surface area contributed by atoms with Crippen LogP contribution in [0.5, 0.6) is 0 Å². The second-order valence-corrected chi connectivity index (χ2v) is 6.35. The molecule has 3 fully saturated rings. The van der Waals surface area contributed by atoms with E-state index in [0.717, 1.165) is 18.5 Å². The molecule has 92 valence electrons. The lowest BCUT2D eigenvalue weighted by Crippen LogP contribution is -2.57. The van der Waals surface area contributed by atoms with E-state index in [9.17, 15) is 0 Å². The molecule has 0 bridgehead atoms. The first-order valence-corrected chi connectivity index (χ1v) is 6.90. The molecule has 0 radical (unpaired) electrons. The minimum Gasteiger partial charge on any atom is -0.324 e. The van der Waals surface area contributed by atoms with Crippen LogP contribution < -0.4 is 5.73 Å².